The molecule has 4 aromatic rings. The summed E-state index contributed by atoms with van der Waals surface area (Å²) in [6.07, 6.45) is -1.84. The summed E-state index contributed by atoms with van der Waals surface area (Å²) < 4.78 is 96.9. The van der Waals surface area contributed by atoms with Crippen molar-refractivity contribution in [1.29, 1.82) is 0 Å². The second-order valence-corrected chi connectivity index (χ2v) is 18.5. The van der Waals surface area contributed by atoms with Crippen LogP contribution in [0.4, 0.5) is 38.0 Å². The highest BCUT2D eigenvalue weighted by Gasteiger charge is 2.60. The molecule has 6 aliphatic rings. The molecule has 63 heavy (non-hydrogen) atoms. The lowest BCUT2D eigenvalue weighted by Gasteiger charge is -2.33. The maximum Gasteiger partial charge on any atom is 0.573 e. The molecular weight excluding hydrogens is 831 g/mol. The fraction of sp³-hybridized carbons (Fsp3) is 0.636. The van der Waals surface area contributed by atoms with Crippen molar-refractivity contribution in [3.63, 3.8) is 0 Å². The second-order valence-electron chi connectivity index (χ2n) is 18.5. The normalized spacial score (nSPS) is 28.5. The third-order valence-electron chi connectivity index (χ3n) is 14.1. The van der Waals surface area contributed by atoms with E-state index in [-0.39, 0.29) is 17.9 Å². The van der Waals surface area contributed by atoms with Gasteiger partial charge in [0.1, 0.15) is 5.82 Å². The molecule has 0 bridgehead atoms. The van der Waals surface area contributed by atoms with Crippen LogP contribution in [-0.4, -0.2) is 110 Å². The molecule has 19 heteroatoms. The minimum atomic E-state index is -4.83. The van der Waals surface area contributed by atoms with Gasteiger partial charge in [-0.25, -0.2) is 9.97 Å². The lowest BCUT2D eigenvalue weighted by atomic mass is 10.0. The van der Waals surface area contributed by atoms with Crippen molar-refractivity contribution in [1.82, 2.24) is 39.3 Å². The summed E-state index contributed by atoms with van der Waals surface area (Å²) in [5.74, 6) is 2.10. The first kappa shape index (κ1) is 43.8. The first-order valence-electron chi connectivity index (χ1n) is 22.1. The molecule has 10 rings (SSSR count). The number of fused-ring (bicyclic) bond motifs is 2. The molecule has 0 amide bonds. The first-order chi connectivity index (χ1) is 29.9. The summed E-state index contributed by atoms with van der Waals surface area (Å²) in [5, 5.41) is 9.39. The largest absolute Gasteiger partial charge is 0.573 e. The van der Waals surface area contributed by atoms with Crippen LogP contribution in [0.5, 0.6) is 5.75 Å². The van der Waals surface area contributed by atoms with Gasteiger partial charge in [-0.2, -0.15) is 23.4 Å². The highest BCUT2D eigenvalue weighted by atomic mass is 19.4. The van der Waals surface area contributed by atoms with Crippen LogP contribution in [-0.2, 0) is 15.7 Å². The molecule has 4 aliphatic carbocycles. The number of alkyl halides is 6. The van der Waals surface area contributed by atoms with Gasteiger partial charge in [-0.15, -0.1) is 13.2 Å². The van der Waals surface area contributed by atoms with E-state index in [0.717, 1.165) is 70.1 Å². The highest BCUT2D eigenvalue weighted by Crippen LogP contribution is 2.65. The third kappa shape index (κ3) is 8.99. The van der Waals surface area contributed by atoms with Crippen molar-refractivity contribution in [3.05, 3.63) is 53.6 Å². The number of nitrogens with zero attached hydrogens (tertiary/aromatic N) is 8. The maximum absolute atomic E-state index is 13.3. The van der Waals surface area contributed by atoms with Crippen LogP contribution in [0, 0.1) is 23.7 Å². The molecule has 342 valence electrons. The fourth-order valence-corrected chi connectivity index (χ4v) is 11.1. The van der Waals surface area contributed by atoms with Crippen molar-refractivity contribution < 1.29 is 40.6 Å². The van der Waals surface area contributed by atoms with Gasteiger partial charge >= 0.3 is 12.5 Å². The molecular formula is C44H56F6N10O3. The lowest BCUT2D eigenvalue weighted by molar-refractivity contribution is -0.274. The smallest absolute Gasteiger partial charge is 0.402 e. The highest BCUT2D eigenvalue weighted by molar-refractivity contribution is 5.65. The first-order valence-corrected chi connectivity index (χ1v) is 22.1. The van der Waals surface area contributed by atoms with Crippen molar-refractivity contribution in [2.24, 2.45) is 23.7 Å². The minimum absolute atomic E-state index is 0.129. The Morgan fingerprint density at radius 2 is 1.03 bits per heavy atom. The van der Waals surface area contributed by atoms with Crippen molar-refractivity contribution in [3.8, 4) is 28.3 Å². The Balaban J connectivity index is 0.000000160. The van der Waals surface area contributed by atoms with Gasteiger partial charge in [0.05, 0.1) is 43.4 Å². The number of aromatic nitrogens is 6. The van der Waals surface area contributed by atoms with E-state index < -0.39 is 29.7 Å². The second kappa shape index (κ2) is 16.8. The third-order valence-corrected chi connectivity index (χ3v) is 14.1. The van der Waals surface area contributed by atoms with Gasteiger partial charge in [0.2, 0.25) is 0 Å². The van der Waals surface area contributed by atoms with Crippen LogP contribution in [0.25, 0.3) is 22.5 Å². The number of anilines is 2. The predicted molar refractivity (Wildman–Crippen MR) is 222 cm³/mol. The van der Waals surface area contributed by atoms with Gasteiger partial charge in [0.15, 0.2) is 11.6 Å². The number of hydrogen-bond donors (Lipinski definition) is 2. The molecule has 0 radical (unpaired) electrons. The number of rotatable bonds is 9. The molecule has 13 nitrogen and oxygen atoms in total. The summed E-state index contributed by atoms with van der Waals surface area (Å²) in [6.45, 7) is 15.5. The Morgan fingerprint density at radius 1 is 0.619 bits per heavy atom. The average Bonchev–Trinajstić information content (AvgIpc) is 3.69. The molecule has 4 aromatic heterocycles. The van der Waals surface area contributed by atoms with E-state index in [4.69, 9.17) is 26.0 Å². The van der Waals surface area contributed by atoms with E-state index in [9.17, 15) is 26.3 Å². The Bertz CT molecular complexity index is 2240. The SMILES string of the molecule is CC(C)n1nc(-c2cnc(N)c(C(F)(F)F)c2)cc1C1[C@H]2CC(N3CCOCC3)C[C@@H]12.CC(C)n1nc(-c2cnc(N)c(OC(F)(F)F)c2)cc1C1[C@H]2CC(N3CCOCC3)C[C@@H]12. The number of nitrogen functional groups attached to an aromatic ring is 2. The van der Waals surface area contributed by atoms with Crippen molar-refractivity contribution >= 4 is 11.6 Å². The standard InChI is InChI=1S/C22H28F3N5O2.C22H28F3N5O/c1-12(2)30-18(20-15-8-14(9-16(15)20)29-3-5-31-6-4-29)10-17(28-30)13-7-19(21(26)27-11-13)32-22(23,24)25;1-12(2)30-19(20-15-8-14(9-16(15)20)29-3-5-31-6-4-29)10-18(28-30)13-7-17(22(23,24)25)21(26)27-11-13/h7,10-12,14-16,20H,3-6,8-9H2,1-2H3,(H2,26,27);7,10-12,14-16,20H,3-6,8-9H2,1-2H3,(H2,26,27)/t2*14?,15-,16+,20?. The zero-order valence-electron chi connectivity index (χ0n) is 35.9. The van der Waals surface area contributed by atoms with Gasteiger partial charge in [-0.05, 0) is 101 Å². The van der Waals surface area contributed by atoms with E-state index in [1.54, 1.807) is 0 Å². The fourth-order valence-electron chi connectivity index (χ4n) is 11.1. The molecule has 4 unspecified atom stereocenters. The van der Waals surface area contributed by atoms with E-state index in [0.29, 0.717) is 70.1 Å². The predicted octanol–water partition coefficient (Wildman–Crippen LogP) is 7.78. The topological polar surface area (TPSA) is 148 Å². The number of ether oxygens (including phenoxy) is 3. The van der Waals surface area contributed by atoms with Crippen molar-refractivity contribution in [2.75, 3.05) is 64.1 Å². The summed E-state index contributed by atoms with van der Waals surface area (Å²) in [6, 6.07) is 7.80. The van der Waals surface area contributed by atoms with Crippen molar-refractivity contribution in [2.45, 2.75) is 102 Å². The molecule has 6 heterocycles. The average molecular weight is 887 g/mol. The van der Waals surface area contributed by atoms with E-state index >= 15 is 0 Å². The Hall–Kier alpha value is -4.46. The van der Waals surface area contributed by atoms with E-state index in [1.807, 2.05) is 21.5 Å². The molecule has 6 fully saturated rings. The lowest BCUT2D eigenvalue weighted by Crippen LogP contribution is -2.43. The molecule has 2 saturated heterocycles. The van der Waals surface area contributed by atoms with Gasteiger partial charge in [0, 0.05) is 97.1 Å². The quantitative estimate of drug-likeness (QED) is 0.159. The molecule has 4 N–H and O–H groups in total. The Kier molecular flexibility index (Phi) is 11.7. The minimum Gasteiger partial charge on any atom is -0.402 e. The Morgan fingerprint density at radius 3 is 1.43 bits per heavy atom. The van der Waals surface area contributed by atoms with Gasteiger partial charge in [0.25, 0.3) is 0 Å². The number of hydrogen-bond acceptors (Lipinski definition) is 11. The van der Waals surface area contributed by atoms with E-state index in [1.165, 1.54) is 44.1 Å². The molecule has 0 spiro atoms. The van der Waals surface area contributed by atoms with Crippen LogP contribution in [0.3, 0.4) is 0 Å². The summed E-state index contributed by atoms with van der Waals surface area (Å²) in [5.41, 5.74) is 14.3. The Labute approximate surface area is 362 Å². The van der Waals surface area contributed by atoms with Gasteiger partial charge in [-0.3, -0.25) is 19.2 Å². The zero-order chi connectivity index (χ0) is 44.5. The summed E-state index contributed by atoms with van der Waals surface area (Å²) >= 11 is 0. The monoisotopic (exact) mass is 886 g/mol. The van der Waals surface area contributed by atoms with Crippen LogP contribution in [0.2, 0.25) is 0 Å². The number of morpholine rings is 2. The van der Waals surface area contributed by atoms with Gasteiger partial charge in [-0.1, -0.05) is 0 Å². The number of halogens is 6. The number of pyridine rings is 2. The van der Waals surface area contributed by atoms with Crippen LogP contribution in [0.1, 0.15) is 94.2 Å². The summed E-state index contributed by atoms with van der Waals surface area (Å²) in [4.78, 5) is 12.8. The maximum atomic E-state index is 13.3. The van der Waals surface area contributed by atoms with E-state index in [2.05, 4.69) is 57.3 Å². The van der Waals surface area contributed by atoms with Crippen LogP contribution >= 0.6 is 0 Å². The molecule has 0 aromatic carbocycles. The number of nitrogens with two attached hydrogens (primary N) is 2. The van der Waals surface area contributed by atoms with Gasteiger partial charge < -0.3 is 25.7 Å². The molecule has 2 aliphatic heterocycles. The zero-order valence-corrected chi connectivity index (χ0v) is 35.9. The molecule has 8 atom stereocenters. The molecule has 4 saturated carbocycles. The van der Waals surface area contributed by atoms with Crippen LogP contribution < -0.4 is 16.2 Å². The van der Waals surface area contributed by atoms with Crippen LogP contribution in [0.15, 0.2) is 36.7 Å². The summed E-state index contributed by atoms with van der Waals surface area (Å²) in [7, 11) is 0.